The molecule has 1 heterocycles. The van der Waals surface area contributed by atoms with Crippen LogP contribution in [0.1, 0.15) is 44.2 Å². The zero-order chi connectivity index (χ0) is 16.2. The first-order chi connectivity index (χ1) is 10.4. The van der Waals surface area contributed by atoms with Gasteiger partial charge in [-0.1, -0.05) is 41.7 Å². The zero-order valence-electron chi connectivity index (χ0n) is 13.2. The number of hydrogen-bond acceptors (Lipinski definition) is 5. The Kier molecular flexibility index (Phi) is 5.26. The molecule has 5 nitrogen and oxygen atoms in total. The molecule has 0 spiro atoms. The summed E-state index contributed by atoms with van der Waals surface area (Å²) in [6.45, 7) is 6.09. The summed E-state index contributed by atoms with van der Waals surface area (Å²) in [4.78, 5) is 11.8. The van der Waals surface area contributed by atoms with Gasteiger partial charge in [0.2, 0.25) is 11.0 Å². The molecule has 1 aromatic heterocycles. The Morgan fingerprint density at radius 3 is 2.64 bits per heavy atom. The van der Waals surface area contributed by atoms with Gasteiger partial charge in [0.25, 0.3) is 0 Å². The van der Waals surface area contributed by atoms with Crippen LogP contribution in [0.25, 0.3) is 0 Å². The molecule has 22 heavy (non-hydrogen) atoms. The first kappa shape index (κ1) is 16.6. The Balaban J connectivity index is 2.06. The van der Waals surface area contributed by atoms with E-state index in [4.69, 9.17) is 5.73 Å². The van der Waals surface area contributed by atoms with E-state index in [1.165, 1.54) is 16.9 Å². The summed E-state index contributed by atoms with van der Waals surface area (Å²) in [6, 6.07) is 10.2. The molecule has 0 bridgehead atoms. The van der Waals surface area contributed by atoms with Crippen LogP contribution in [0.4, 0.5) is 5.13 Å². The average Bonchev–Trinajstić information content (AvgIpc) is 2.95. The van der Waals surface area contributed by atoms with Gasteiger partial charge in [0.05, 0.1) is 0 Å². The van der Waals surface area contributed by atoms with Gasteiger partial charge in [-0.05, 0) is 32.8 Å². The van der Waals surface area contributed by atoms with E-state index in [2.05, 4.69) is 41.5 Å². The number of carbonyl (C=O) groups is 1. The monoisotopic (exact) mass is 318 g/mol. The maximum Gasteiger partial charge on any atom is 0.226 e. The smallest absolute Gasteiger partial charge is 0.226 e. The van der Waals surface area contributed by atoms with Crippen molar-refractivity contribution in [2.75, 3.05) is 5.32 Å². The predicted molar refractivity (Wildman–Crippen MR) is 90.0 cm³/mol. The van der Waals surface area contributed by atoms with Crippen molar-refractivity contribution in [1.29, 1.82) is 0 Å². The highest BCUT2D eigenvalue weighted by atomic mass is 32.1. The van der Waals surface area contributed by atoms with Crippen molar-refractivity contribution in [2.45, 2.75) is 45.1 Å². The Labute approximate surface area is 135 Å². The minimum Gasteiger partial charge on any atom is -0.328 e. The molecule has 0 saturated heterocycles. The van der Waals surface area contributed by atoms with Crippen LogP contribution >= 0.6 is 11.3 Å². The molecule has 1 unspecified atom stereocenters. The molecule has 0 radical (unpaired) electrons. The minimum absolute atomic E-state index is 0.0211. The Morgan fingerprint density at radius 2 is 2.00 bits per heavy atom. The summed E-state index contributed by atoms with van der Waals surface area (Å²) in [5.74, 6) is -0.0717. The summed E-state index contributed by atoms with van der Waals surface area (Å²) in [6.07, 6.45) is 1.06. The second-order valence-electron chi connectivity index (χ2n) is 5.97. The zero-order valence-corrected chi connectivity index (χ0v) is 14.0. The Hall–Kier alpha value is -1.79. The van der Waals surface area contributed by atoms with Crippen LogP contribution in [0, 0.1) is 0 Å². The van der Waals surface area contributed by atoms with Crippen LogP contribution < -0.4 is 11.1 Å². The van der Waals surface area contributed by atoms with Crippen molar-refractivity contribution in [3.05, 3.63) is 40.9 Å². The van der Waals surface area contributed by atoms with Crippen molar-refractivity contribution in [3.8, 4) is 0 Å². The maximum absolute atomic E-state index is 11.8. The standard InChI is InChI=1S/C16H22N4OS/c1-11(17)9-10-13(21)18-15-20-19-14(22-15)16(2,3)12-7-5-4-6-8-12/h4-8,11H,9-10,17H2,1-3H3,(H,18,20,21). The van der Waals surface area contributed by atoms with E-state index in [0.29, 0.717) is 18.0 Å². The average molecular weight is 318 g/mol. The van der Waals surface area contributed by atoms with E-state index in [1.54, 1.807) is 0 Å². The van der Waals surface area contributed by atoms with Crippen LogP contribution in [-0.2, 0) is 10.2 Å². The first-order valence-corrected chi connectivity index (χ1v) is 8.16. The summed E-state index contributed by atoms with van der Waals surface area (Å²) >= 11 is 1.41. The molecule has 0 saturated carbocycles. The summed E-state index contributed by atoms with van der Waals surface area (Å²) in [7, 11) is 0. The molecule has 0 aliphatic heterocycles. The molecule has 1 aromatic carbocycles. The van der Waals surface area contributed by atoms with Crippen LogP contribution in [0.2, 0.25) is 0 Å². The molecule has 0 aliphatic rings. The summed E-state index contributed by atoms with van der Waals surface area (Å²) in [5, 5.41) is 12.5. The molecule has 118 valence electrons. The van der Waals surface area contributed by atoms with Crippen LogP contribution in [-0.4, -0.2) is 22.1 Å². The predicted octanol–water partition coefficient (Wildman–Crippen LogP) is 2.93. The van der Waals surface area contributed by atoms with Crippen LogP contribution in [0.3, 0.4) is 0 Å². The van der Waals surface area contributed by atoms with Crippen molar-refractivity contribution in [3.63, 3.8) is 0 Å². The molecule has 3 N–H and O–H groups in total. The molecule has 2 rings (SSSR count). The van der Waals surface area contributed by atoms with E-state index in [-0.39, 0.29) is 17.4 Å². The fourth-order valence-electron chi connectivity index (χ4n) is 2.05. The number of nitrogens with one attached hydrogen (secondary N) is 1. The number of hydrogen-bond donors (Lipinski definition) is 2. The van der Waals surface area contributed by atoms with Gasteiger partial charge in [-0.15, -0.1) is 10.2 Å². The van der Waals surface area contributed by atoms with Gasteiger partial charge in [-0.2, -0.15) is 0 Å². The lowest BCUT2D eigenvalue weighted by Gasteiger charge is -2.21. The van der Waals surface area contributed by atoms with E-state index >= 15 is 0 Å². The lowest BCUT2D eigenvalue weighted by atomic mass is 9.85. The molecule has 1 atom stereocenters. The number of rotatable bonds is 6. The lowest BCUT2D eigenvalue weighted by molar-refractivity contribution is -0.116. The van der Waals surface area contributed by atoms with E-state index in [1.807, 2.05) is 25.1 Å². The SMILES string of the molecule is CC(N)CCC(=O)Nc1nnc(C(C)(C)c2ccccc2)s1. The van der Waals surface area contributed by atoms with Crippen LogP contribution in [0.15, 0.2) is 30.3 Å². The van der Waals surface area contributed by atoms with E-state index < -0.39 is 0 Å². The number of amides is 1. The third-order valence-corrected chi connectivity index (χ3v) is 4.69. The largest absolute Gasteiger partial charge is 0.328 e. The summed E-state index contributed by atoms with van der Waals surface area (Å²) in [5.41, 5.74) is 6.58. The van der Waals surface area contributed by atoms with Crippen molar-refractivity contribution < 1.29 is 4.79 Å². The normalized spacial score (nSPS) is 12.9. The number of anilines is 1. The van der Waals surface area contributed by atoms with E-state index in [9.17, 15) is 4.79 Å². The number of aromatic nitrogens is 2. The molecular formula is C16H22N4OS. The maximum atomic E-state index is 11.8. The van der Waals surface area contributed by atoms with Gasteiger partial charge >= 0.3 is 0 Å². The highest BCUT2D eigenvalue weighted by Crippen LogP contribution is 2.34. The molecule has 6 heteroatoms. The van der Waals surface area contributed by atoms with Crippen molar-refractivity contribution >= 4 is 22.4 Å². The highest BCUT2D eigenvalue weighted by Gasteiger charge is 2.27. The fraction of sp³-hybridized carbons (Fsp3) is 0.438. The second-order valence-corrected chi connectivity index (χ2v) is 6.95. The second kappa shape index (κ2) is 6.98. The number of nitrogens with two attached hydrogens (primary N) is 1. The minimum atomic E-state index is -0.242. The topological polar surface area (TPSA) is 80.9 Å². The first-order valence-electron chi connectivity index (χ1n) is 7.34. The van der Waals surface area contributed by atoms with E-state index in [0.717, 1.165) is 5.01 Å². The van der Waals surface area contributed by atoms with Gasteiger partial charge in [0, 0.05) is 17.9 Å². The highest BCUT2D eigenvalue weighted by molar-refractivity contribution is 7.15. The van der Waals surface area contributed by atoms with Gasteiger partial charge in [-0.25, -0.2) is 0 Å². The molecular weight excluding hydrogens is 296 g/mol. The van der Waals surface area contributed by atoms with Crippen LogP contribution in [0.5, 0.6) is 0 Å². The fourth-order valence-corrected chi connectivity index (χ4v) is 2.93. The summed E-state index contributed by atoms with van der Waals surface area (Å²) < 4.78 is 0. The third-order valence-electron chi connectivity index (χ3n) is 3.53. The van der Waals surface area contributed by atoms with Gasteiger partial charge in [-0.3, -0.25) is 4.79 Å². The Morgan fingerprint density at radius 1 is 1.32 bits per heavy atom. The molecule has 1 amide bonds. The number of carbonyl (C=O) groups excluding carboxylic acids is 1. The third kappa shape index (κ3) is 4.11. The number of benzene rings is 1. The molecule has 0 fully saturated rings. The Bertz CT molecular complexity index is 622. The lowest BCUT2D eigenvalue weighted by Crippen LogP contribution is -2.19. The molecule has 0 aliphatic carbocycles. The van der Waals surface area contributed by atoms with Gasteiger partial charge in [0.1, 0.15) is 5.01 Å². The van der Waals surface area contributed by atoms with Crippen molar-refractivity contribution in [1.82, 2.24) is 10.2 Å². The van der Waals surface area contributed by atoms with Crippen molar-refractivity contribution in [2.24, 2.45) is 5.73 Å². The molecule has 2 aromatic rings. The number of nitrogens with zero attached hydrogens (tertiary/aromatic N) is 2. The quantitative estimate of drug-likeness (QED) is 0.858. The van der Waals surface area contributed by atoms with Gasteiger partial charge < -0.3 is 11.1 Å². The van der Waals surface area contributed by atoms with Gasteiger partial charge in [0.15, 0.2) is 0 Å².